The molecule has 2 aromatic heterocycles. The highest BCUT2D eigenvalue weighted by atomic mass is 16.1. The number of hydrogen-bond acceptors (Lipinski definition) is 5. The zero-order valence-corrected chi connectivity index (χ0v) is 11.8. The maximum atomic E-state index is 11.9. The van der Waals surface area contributed by atoms with Gasteiger partial charge in [-0.3, -0.25) is 9.78 Å². The summed E-state index contributed by atoms with van der Waals surface area (Å²) in [5.74, 6) is 0.174. The standard InChI is InChI=1S/C15H17N5O/c1-3-6-17-14(21)13-8-11(2)19-15(20-13)18-10-12-5-4-7-16-9-12/h3-5,7-9H,1,6,10H2,2H3,(H,17,21)(H,18,19,20). The molecule has 1 amide bonds. The number of nitrogens with one attached hydrogen (secondary N) is 2. The van der Waals surface area contributed by atoms with Gasteiger partial charge in [0.25, 0.3) is 5.91 Å². The van der Waals surface area contributed by atoms with Gasteiger partial charge in [0.1, 0.15) is 5.69 Å². The highest BCUT2D eigenvalue weighted by Gasteiger charge is 2.09. The molecule has 108 valence electrons. The first-order chi connectivity index (χ1) is 10.2. The molecular weight excluding hydrogens is 266 g/mol. The average Bonchev–Trinajstić information content (AvgIpc) is 2.51. The Bertz CT molecular complexity index is 627. The van der Waals surface area contributed by atoms with Crippen LogP contribution in [-0.4, -0.2) is 27.4 Å². The summed E-state index contributed by atoms with van der Waals surface area (Å²) in [6.45, 7) is 6.33. The summed E-state index contributed by atoms with van der Waals surface area (Å²) in [5, 5.41) is 5.78. The summed E-state index contributed by atoms with van der Waals surface area (Å²) >= 11 is 0. The molecule has 0 saturated carbocycles. The molecule has 0 fully saturated rings. The first-order valence-corrected chi connectivity index (χ1v) is 6.56. The molecule has 2 aromatic rings. The van der Waals surface area contributed by atoms with Crippen LogP contribution in [0.15, 0.2) is 43.2 Å². The number of carbonyl (C=O) groups excluding carboxylic acids is 1. The molecule has 6 heteroatoms. The Hall–Kier alpha value is -2.76. The quantitative estimate of drug-likeness (QED) is 0.789. The van der Waals surface area contributed by atoms with Crippen molar-refractivity contribution < 1.29 is 4.79 Å². The van der Waals surface area contributed by atoms with E-state index in [1.54, 1.807) is 24.5 Å². The summed E-state index contributed by atoms with van der Waals surface area (Å²) in [7, 11) is 0. The second-order valence-electron chi connectivity index (χ2n) is 4.43. The van der Waals surface area contributed by atoms with E-state index in [0.717, 1.165) is 11.3 Å². The first kappa shape index (κ1) is 14.6. The van der Waals surface area contributed by atoms with E-state index >= 15 is 0 Å². The molecule has 0 atom stereocenters. The molecule has 21 heavy (non-hydrogen) atoms. The molecule has 0 saturated heterocycles. The fraction of sp³-hybridized carbons (Fsp3) is 0.200. The summed E-state index contributed by atoms with van der Waals surface area (Å²) < 4.78 is 0. The number of pyridine rings is 1. The van der Waals surface area contributed by atoms with Crippen LogP contribution < -0.4 is 10.6 Å². The lowest BCUT2D eigenvalue weighted by Gasteiger charge is -2.08. The minimum absolute atomic E-state index is 0.246. The van der Waals surface area contributed by atoms with Crippen LogP contribution in [0.3, 0.4) is 0 Å². The Morgan fingerprint density at radius 3 is 3.00 bits per heavy atom. The number of amides is 1. The van der Waals surface area contributed by atoms with E-state index in [1.165, 1.54) is 0 Å². The normalized spacial score (nSPS) is 9.95. The minimum atomic E-state index is -0.246. The Labute approximate surface area is 123 Å². The van der Waals surface area contributed by atoms with Gasteiger partial charge in [-0.25, -0.2) is 9.97 Å². The molecule has 0 bridgehead atoms. The Balaban J connectivity index is 2.08. The van der Waals surface area contributed by atoms with Gasteiger partial charge >= 0.3 is 0 Å². The third-order valence-corrected chi connectivity index (χ3v) is 2.67. The number of anilines is 1. The highest BCUT2D eigenvalue weighted by molar-refractivity contribution is 5.92. The van der Waals surface area contributed by atoms with Gasteiger partial charge in [-0.1, -0.05) is 12.1 Å². The molecule has 2 N–H and O–H groups in total. The van der Waals surface area contributed by atoms with Crippen LogP contribution in [0.5, 0.6) is 0 Å². The Morgan fingerprint density at radius 1 is 1.43 bits per heavy atom. The van der Waals surface area contributed by atoms with E-state index < -0.39 is 0 Å². The van der Waals surface area contributed by atoms with Crippen LogP contribution in [-0.2, 0) is 6.54 Å². The van der Waals surface area contributed by atoms with Gasteiger partial charge in [-0.05, 0) is 24.6 Å². The fourth-order valence-electron chi connectivity index (χ4n) is 1.70. The van der Waals surface area contributed by atoms with Crippen molar-refractivity contribution in [1.29, 1.82) is 0 Å². The zero-order chi connectivity index (χ0) is 15.1. The lowest BCUT2D eigenvalue weighted by molar-refractivity contribution is 0.0953. The third-order valence-electron chi connectivity index (χ3n) is 2.67. The predicted octanol–water partition coefficient (Wildman–Crippen LogP) is 1.71. The van der Waals surface area contributed by atoms with Crippen molar-refractivity contribution in [3.8, 4) is 0 Å². The highest BCUT2D eigenvalue weighted by Crippen LogP contribution is 2.07. The van der Waals surface area contributed by atoms with E-state index in [0.29, 0.717) is 24.7 Å². The number of aromatic nitrogens is 3. The van der Waals surface area contributed by atoms with Gasteiger partial charge in [0.05, 0.1) is 0 Å². The molecule has 2 rings (SSSR count). The molecule has 0 aliphatic carbocycles. The summed E-state index contributed by atoms with van der Waals surface area (Å²) in [5.41, 5.74) is 2.07. The predicted molar refractivity (Wildman–Crippen MR) is 80.9 cm³/mol. The molecule has 0 aliphatic rings. The van der Waals surface area contributed by atoms with E-state index in [4.69, 9.17) is 0 Å². The number of carbonyl (C=O) groups is 1. The lowest BCUT2D eigenvalue weighted by Crippen LogP contribution is -2.25. The summed E-state index contributed by atoms with van der Waals surface area (Å²) in [6, 6.07) is 5.46. The number of hydrogen-bond donors (Lipinski definition) is 2. The van der Waals surface area contributed by atoms with Gasteiger partial charge in [-0.15, -0.1) is 6.58 Å². The molecule has 0 aliphatic heterocycles. The second kappa shape index (κ2) is 7.14. The van der Waals surface area contributed by atoms with E-state index in [-0.39, 0.29) is 5.91 Å². The lowest BCUT2D eigenvalue weighted by atomic mass is 10.3. The second-order valence-corrected chi connectivity index (χ2v) is 4.43. The maximum absolute atomic E-state index is 11.9. The Kier molecular flexibility index (Phi) is 4.98. The molecule has 0 aromatic carbocycles. The van der Waals surface area contributed by atoms with Crippen LogP contribution in [0.1, 0.15) is 21.7 Å². The van der Waals surface area contributed by atoms with Crippen molar-refractivity contribution in [3.63, 3.8) is 0 Å². The smallest absolute Gasteiger partial charge is 0.270 e. The van der Waals surface area contributed by atoms with E-state index in [9.17, 15) is 4.79 Å². The van der Waals surface area contributed by atoms with E-state index in [1.807, 2.05) is 19.1 Å². The van der Waals surface area contributed by atoms with Crippen molar-refractivity contribution in [1.82, 2.24) is 20.3 Å². The molecular formula is C15H17N5O. The van der Waals surface area contributed by atoms with Crippen LogP contribution in [0.4, 0.5) is 5.95 Å². The molecule has 0 radical (unpaired) electrons. The van der Waals surface area contributed by atoms with Crippen LogP contribution >= 0.6 is 0 Å². The monoisotopic (exact) mass is 283 g/mol. The largest absolute Gasteiger partial charge is 0.350 e. The van der Waals surface area contributed by atoms with Gasteiger partial charge in [0, 0.05) is 31.2 Å². The SMILES string of the molecule is C=CCNC(=O)c1cc(C)nc(NCc2cccnc2)n1. The van der Waals surface area contributed by atoms with Gasteiger partial charge in [0.2, 0.25) is 5.95 Å². The van der Waals surface area contributed by atoms with Crippen molar-refractivity contribution in [2.75, 3.05) is 11.9 Å². The summed E-state index contributed by atoms with van der Waals surface area (Å²) in [6.07, 6.45) is 5.10. The van der Waals surface area contributed by atoms with Gasteiger partial charge in [0.15, 0.2) is 0 Å². The van der Waals surface area contributed by atoms with E-state index in [2.05, 4.69) is 32.2 Å². The van der Waals surface area contributed by atoms with Crippen molar-refractivity contribution in [3.05, 3.63) is 60.2 Å². The van der Waals surface area contributed by atoms with Crippen LogP contribution in [0.2, 0.25) is 0 Å². The van der Waals surface area contributed by atoms with Crippen LogP contribution in [0.25, 0.3) is 0 Å². The fourth-order valence-corrected chi connectivity index (χ4v) is 1.70. The van der Waals surface area contributed by atoms with Gasteiger partial charge < -0.3 is 10.6 Å². The van der Waals surface area contributed by atoms with Crippen LogP contribution in [0, 0.1) is 6.92 Å². The van der Waals surface area contributed by atoms with Crippen molar-refractivity contribution in [2.24, 2.45) is 0 Å². The van der Waals surface area contributed by atoms with Crippen molar-refractivity contribution in [2.45, 2.75) is 13.5 Å². The topological polar surface area (TPSA) is 79.8 Å². The average molecular weight is 283 g/mol. The Morgan fingerprint density at radius 2 is 2.29 bits per heavy atom. The molecule has 0 unspecified atom stereocenters. The maximum Gasteiger partial charge on any atom is 0.270 e. The zero-order valence-electron chi connectivity index (χ0n) is 11.8. The number of nitrogens with zero attached hydrogens (tertiary/aromatic N) is 3. The summed E-state index contributed by atoms with van der Waals surface area (Å²) in [4.78, 5) is 24.4. The van der Waals surface area contributed by atoms with Crippen molar-refractivity contribution >= 4 is 11.9 Å². The minimum Gasteiger partial charge on any atom is -0.350 e. The number of aryl methyl sites for hydroxylation is 1. The third kappa shape index (κ3) is 4.38. The molecule has 2 heterocycles. The first-order valence-electron chi connectivity index (χ1n) is 6.56. The molecule has 6 nitrogen and oxygen atoms in total. The van der Waals surface area contributed by atoms with Gasteiger partial charge in [-0.2, -0.15) is 0 Å². The molecule has 0 spiro atoms. The number of rotatable bonds is 6.